The van der Waals surface area contributed by atoms with Crippen LogP contribution in [0.4, 0.5) is 0 Å². The number of pyridine rings is 1. The molecule has 0 aliphatic rings. The molecule has 2 aromatic carbocycles. The molecule has 3 aromatic rings. The van der Waals surface area contributed by atoms with Gasteiger partial charge in [-0.15, -0.1) is 0 Å². The Bertz CT molecular complexity index is 1050. The Morgan fingerprint density at radius 3 is 2.64 bits per heavy atom. The van der Waals surface area contributed by atoms with Crippen molar-refractivity contribution in [1.29, 1.82) is 0 Å². The van der Waals surface area contributed by atoms with E-state index in [1.165, 1.54) is 0 Å². The molecule has 0 bridgehead atoms. The van der Waals surface area contributed by atoms with Crippen LogP contribution < -0.4 is 4.74 Å². The first-order valence-corrected chi connectivity index (χ1v) is 9.44. The van der Waals surface area contributed by atoms with Crippen molar-refractivity contribution in [2.75, 3.05) is 0 Å². The summed E-state index contributed by atoms with van der Waals surface area (Å²) in [5.74, 6) is 5.84. The smallest absolute Gasteiger partial charge is 0.354 e. The normalized spacial score (nSPS) is 10.4. The molecule has 28 heavy (non-hydrogen) atoms. The van der Waals surface area contributed by atoms with Crippen molar-refractivity contribution >= 4 is 16.9 Å². The molecule has 142 valence electrons. The predicted molar refractivity (Wildman–Crippen MR) is 111 cm³/mol. The molecule has 3 rings (SSSR count). The number of hydrogen-bond donors (Lipinski definition) is 1. The van der Waals surface area contributed by atoms with E-state index in [-0.39, 0.29) is 5.69 Å². The van der Waals surface area contributed by atoms with Crippen molar-refractivity contribution in [3.05, 3.63) is 70.9 Å². The lowest BCUT2D eigenvalue weighted by atomic mass is 10.0. The molecule has 1 N–H and O–H groups in total. The molecule has 0 radical (unpaired) electrons. The quantitative estimate of drug-likeness (QED) is 0.467. The fourth-order valence-corrected chi connectivity index (χ4v) is 2.99. The molecule has 1 aromatic heterocycles. The average molecular weight is 373 g/mol. The number of rotatable bonds is 6. The van der Waals surface area contributed by atoms with Gasteiger partial charge in [0, 0.05) is 17.4 Å². The molecule has 0 saturated carbocycles. The summed E-state index contributed by atoms with van der Waals surface area (Å²) in [7, 11) is 0. The highest BCUT2D eigenvalue weighted by Crippen LogP contribution is 2.30. The Hall–Kier alpha value is -3.32. The number of carboxylic acids is 1. The van der Waals surface area contributed by atoms with E-state index < -0.39 is 5.97 Å². The average Bonchev–Trinajstić information content (AvgIpc) is 2.71. The molecule has 0 aliphatic heterocycles. The second kappa shape index (κ2) is 9.05. The zero-order valence-electron chi connectivity index (χ0n) is 16.2. The minimum Gasteiger partial charge on any atom is -0.487 e. The molecule has 0 unspecified atom stereocenters. The minimum absolute atomic E-state index is 0.0167. The van der Waals surface area contributed by atoms with E-state index >= 15 is 0 Å². The van der Waals surface area contributed by atoms with E-state index in [1.807, 2.05) is 48.5 Å². The summed E-state index contributed by atoms with van der Waals surface area (Å²) < 4.78 is 5.97. The first-order valence-electron chi connectivity index (χ1n) is 9.44. The Morgan fingerprint density at radius 1 is 1.14 bits per heavy atom. The second-order valence-electron chi connectivity index (χ2n) is 6.60. The van der Waals surface area contributed by atoms with Crippen LogP contribution in [0.5, 0.6) is 5.75 Å². The van der Waals surface area contributed by atoms with Crippen LogP contribution in [0.15, 0.2) is 48.5 Å². The molecular formula is C24H23NO3. The molecule has 0 fully saturated rings. The van der Waals surface area contributed by atoms with Crippen molar-refractivity contribution in [2.45, 2.75) is 39.7 Å². The van der Waals surface area contributed by atoms with Crippen LogP contribution >= 0.6 is 0 Å². The lowest BCUT2D eigenvalue weighted by Crippen LogP contribution is -2.07. The number of para-hydroxylation sites is 1. The number of aromatic carboxylic acids is 1. The number of benzene rings is 2. The Labute approximate surface area is 165 Å². The lowest BCUT2D eigenvalue weighted by molar-refractivity contribution is 0.0690. The van der Waals surface area contributed by atoms with Crippen LogP contribution in [0.3, 0.4) is 0 Å². The second-order valence-corrected chi connectivity index (χ2v) is 6.60. The van der Waals surface area contributed by atoms with Crippen LogP contribution in [-0.4, -0.2) is 16.1 Å². The van der Waals surface area contributed by atoms with E-state index in [0.717, 1.165) is 30.2 Å². The van der Waals surface area contributed by atoms with E-state index in [9.17, 15) is 9.90 Å². The maximum absolute atomic E-state index is 11.7. The zero-order valence-corrected chi connectivity index (χ0v) is 16.2. The molecule has 4 nitrogen and oxygen atoms in total. The van der Waals surface area contributed by atoms with Gasteiger partial charge in [-0.2, -0.15) is 0 Å². The SMILES string of the molecule is CCCCC#Cc1c(C)c(C(=O)O)nc2c(OCc3ccccc3)cccc12. The number of fused-ring (bicyclic) bond motifs is 1. The molecule has 0 amide bonds. The zero-order chi connectivity index (χ0) is 19.9. The van der Waals surface area contributed by atoms with E-state index in [0.29, 0.717) is 29.0 Å². The van der Waals surface area contributed by atoms with Crippen molar-refractivity contribution in [3.8, 4) is 17.6 Å². The maximum Gasteiger partial charge on any atom is 0.354 e. The third-order valence-corrected chi connectivity index (χ3v) is 4.53. The molecule has 4 heteroatoms. The van der Waals surface area contributed by atoms with Crippen molar-refractivity contribution in [2.24, 2.45) is 0 Å². The van der Waals surface area contributed by atoms with Gasteiger partial charge in [0.25, 0.3) is 0 Å². The highest BCUT2D eigenvalue weighted by atomic mass is 16.5. The number of carboxylic acid groups (broad SMARTS) is 1. The number of unbranched alkanes of at least 4 members (excludes halogenated alkanes) is 2. The number of aromatic nitrogens is 1. The summed E-state index contributed by atoms with van der Waals surface area (Å²) in [5, 5.41) is 10.4. The highest BCUT2D eigenvalue weighted by Gasteiger charge is 2.18. The van der Waals surface area contributed by atoms with E-state index in [4.69, 9.17) is 4.74 Å². The Balaban J connectivity index is 2.07. The van der Waals surface area contributed by atoms with Gasteiger partial charge in [0.2, 0.25) is 0 Å². The van der Waals surface area contributed by atoms with E-state index in [2.05, 4.69) is 23.7 Å². The first-order chi connectivity index (χ1) is 13.6. The lowest BCUT2D eigenvalue weighted by Gasteiger charge is -2.13. The van der Waals surface area contributed by atoms with Gasteiger partial charge in [0.1, 0.15) is 17.9 Å². The van der Waals surface area contributed by atoms with Gasteiger partial charge in [-0.3, -0.25) is 0 Å². The van der Waals surface area contributed by atoms with Crippen LogP contribution in [0.25, 0.3) is 10.9 Å². The van der Waals surface area contributed by atoms with Crippen LogP contribution in [0, 0.1) is 18.8 Å². The largest absolute Gasteiger partial charge is 0.487 e. The molecule has 1 heterocycles. The summed E-state index contributed by atoms with van der Waals surface area (Å²) in [5.41, 5.74) is 2.88. The third kappa shape index (κ3) is 4.32. The van der Waals surface area contributed by atoms with Gasteiger partial charge >= 0.3 is 5.97 Å². The fourth-order valence-electron chi connectivity index (χ4n) is 2.99. The monoisotopic (exact) mass is 373 g/mol. The number of nitrogens with zero attached hydrogens (tertiary/aromatic N) is 1. The van der Waals surface area contributed by atoms with Crippen molar-refractivity contribution in [1.82, 2.24) is 4.98 Å². The molecule has 0 spiro atoms. The summed E-state index contributed by atoms with van der Waals surface area (Å²) in [6.45, 7) is 4.26. The first kappa shape index (κ1) is 19.4. The highest BCUT2D eigenvalue weighted by molar-refractivity contribution is 5.97. The van der Waals surface area contributed by atoms with Gasteiger partial charge in [0.05, 0.1) is 0 Å². The van der Waals surface area contributed by atoms with Gasteiger partial charge in [-0.05, 0) is 30.5 Å². The number of ether oxygens (including phenoxy) is 1. The number of carbonyl (C=O) groups is 1. The van der Waals surface area contributed by atoms with E-state index in [1.54, 1.807) is 6.92 Å². The van der Waals surface area contributed by atoms with Crippen LogP contribution in [0.2, 0.25) is 0 Å². The summed E-state index contributed by atoms with van der Waals surface area (Å²) in [4.78, 5) is 16.1. The van der Waals surface area contributed by atoms with Crippen molar-refractivity contribution < 1.29 is 14.6 Å². The van der Waals surface area contributed by atoms with Gasteiger partial charge in [-0.25, -0.2) is 9.78 Å². The van der Waals surface area contributed by atoms with Gasteiger partial charge in [-0.1, -0.05) is 67.6 Å². The Morgan fingerprint density at radius 2 is 1.93 bits per heavy atom. The summed E-state index contributed by atoms with van der Waals surface area (Å²) in [6.07, 6.45) is 2.88. The third-order valence-electron chi connectivity index (χ3n) is 4.53. The Kier molecular flexibility index (Phi) is 6.29. The topological polar surface area (TPSA) is 59.4 Å². The molecule has 0 aliphatic carbocycles. The number of hydrogen-bond acceptors (Lipinski definition) is 3. The molecular weight excluding hydrogens is 350 g/mol. The van der Waals surface area contributed by atoms with Crippen LogP contribution in [0.1, 0.15) is 53.4 Å². The van der Waals surface area contributed by atoms with Gasteiger partial charge < -0.3 is 9.84 Å². The van der Waals surface area contributed by atoms with Crippen molar-refractivity contribution in [3.63, 3.8) is 0 Å². The maximum atomic E-state index is 11.7. The standard InChI is InChI=1S/C24H23NO3/c1-3-4-5-9-13-19-17(2)22(24(26)27)25-23-20(19)14-10-15-21(23)28-16-18-11-7-6-8-12-18/h6-8,10-12,14-15H,3-5,16H2,1-2H3,(H,26,27). The minimum atomic E-state index is -1.06. The molecule has 0 saturated heterocycles. The summed E-state index contributed by atoms with van der Waals surface area (Å²) >= 11 is 0. The van der Waals surface area contributed by atoms with Gasteiger partial charge in [0.15, 0.2) is 5.69 Å². The van der Waals surface area contributed by atoms with Crippen LogP contribution in [-0.2, 0) is 6.61 Å². The fraction of sp³-hybridized carbons (Fsp3) is 0.250. The summed E-state index contributed by atoms with van der Waals surface area (Å²) in [6, 6.07) is 15.4. The predicted octanol–water partition coefficient (Wildman–Crippen LogP) is 5.36. The molecule has 0 atom stereocenters.